The van der Waals surface area contributed by atoms with Crippen LogP contribution >= 0.6 is 0 Å². The van der Waals surface area contributed by atoms with Crippen molar-refractivity contribution < 1.29 is 9.90 Å². The summed E-state index contributed by atoms with van der Waals surface area (Å²) in [5.41, 5.74) is 0. The van der Waals surface area contributed by atoms with Gasteiger partial charge in [0.05, 0.1) is 5.92 Å². The number of rotatable bonds is 6. The summed E-state index contributed by atoms with van der Waals surface area (Å²) in [5, 5.41) is 8.78. The Morgan fingerprint density at radius 3 is 2.21 bits per heavy atom. The van der Waals surface area contributed by atoms with Crippen molar-refractivity contribution in [3.8, 4) is 0 Å². The molecule has 0 saturated heterocycles. The molecule has 0 heterocycles. The molecule has 3 nitrogen and oxygen atoms in total. The molecule has 0 aromatic carbocycles. The van der Waals surface area contributed by atoms with Crippen LogP contribution in [-0.4, -0.2) is 35.6 Å². The molecular formula is C11H23NO2. The van der Waals surface area contributed by atoms with Gasteiger partial charge in [0.25, 0.3) is 0 Å². The van der Waals surface area contributed by atoms with Gasteiger partial charge in [-0.1, -0.05) is 27.2 Å². The van der Waals surface area contributed by atoms with Crippen LogP contribution in [0.3, 0.4) is 0 Å². The third kappa shape index (κ3) is 4.09. The summed E-state index contributed by atoms with van der Waals surface area (Å²) in [5.74, 6) is -0.388. The molecule has 0 aliphatic rings. The molecule has 0 rings (SSSR count). The maximum Gasteiger partial charge on any atom is 0.307 e. The third-order valence-electron chi connectivity index (χ3n) is 3.15. The van der Waals surface area contributed by atoms with Crippen molar-refractivity contribution in [2.45, 2.75) is 40.2 Å². The Morgan fingerprint density at radius 2 is 1.86 bits per heavy atom. The van der Waals surface area contributed by atoms with E-state index in [2.05, 4.69) is 25.7 Å². The average molecular weight is 201 g/mol. The topological polar surface area (TPSA) is 40.5 Å². The maximum atomic E-state index is 10.7. The highest BCUT2D eigenvalue weighted by atomic mass is 16.4. The van der Waals surface area contributed by atoms with E-state index in [1.165, 1.54) is 0 Å². The number of aliphatic carboxylic acids is 1. The Bertz CT molecular complexity index is 182. The van der Waals surface area contributed by atoms with E-state index in [4.69, 9.17) is 5.11 Å². The summed E-state index contributed by atoms with van der Waals surface area (Å²) < 4.78 is 0. The summed E-state index contributed by atoms with van der Waals surface area (Å²) in [6, 6.07) is 0.446. The minimum atomic E-state index is -0.715. The Labute approximate surface area is 87.1 Å². The zero-order valence-corrected chi connectivity index (χ0v) is 9.95. The molecule has 0 aliphatic carbocycles. The van der Waals surface area contributed by atoms with Crippen molar-refractivity contribution in [3.05, 3.63) is 0 Å². The van der Waals surface area contributed by atoms with Gasteiger partial charge in [-0.05, 0) is 19.9 Å². The molecule has 3 heteroatoms. The summed E-state index contributed by atoms with van der Waals surface area (Å²) >= 11 is 0. The molecular weight excluding hydrogens is 178 g/mol. The molecule has 3 atom stereocenters. The van der Waals surface area contributed by atoms with Crippen molar-refractivity contribution in [3.63, 3.8) is 0 Å². The van der Waals surface area contributed by atoms with Crippen molar-refractivity contribution in [2.24, 2.45) is 11.8 Å². The molecule has 84 valence electrons. The van der Waals surface area contributed by atoms with E-state index in [9.17, 15) is 4.79 Å². The third-order valence-corrected chi connectivity index (χ3v) is 3.15. The Kier molecular flexibility index (Phi) is 5.77. The molecule has 0 aromatic heterocycles. The molecule has 14 heavy (non-hydrogen) atoms. The fourth-order valence-electron chi connectivity index (χ4n) is 1.45. The van der Waals surface area contributed by atoms with Gasteiger partial charge in [0.2, 0.25) is 0 Å². The lowest BCUT2D eigenvalue weighted by atomic mass is 9.99. The molecule has 3 unspecified atom stereocenters. The van der Waals surface area contributed by atoms with Crippen molar-refractivity contribution in [1.82, 2.24) is 4.90 Å². The molecule has 0 bridgehead atoms. The minimum absolute atomic E-state index is 0.286. The van der Waals surface area contributed by atoms with Crippen LogP contribution in [0.4, 0.5) is 0 Å². The smallest absolute Gasteiger partial charge is 0.307 e. The number of nitrogens with zero attached hydrogens (tertiary/aromatic N) is 1. The van der Waals surface area contributed by atoms with Gasteiger partial charge in [-0.3, -0.25) is 4.79 Å². The standard InChI is InChI=1S/C11H23NO2/c1-6-8(2)10(4)12(5)7-9(3)11(13)14/h8-10H,6-7H2,1-5H3,(H,13,14). The summed E-state index contributed by atoms with van der Waals surface area (Å²) in [7, 11) is 2.00. The molecule has 0 aliphatic heterocycles. The number of carboxylic acid groups (broad SMARTS) is 1. The van der Waals surface area contributed by atoms with Crippen LogP contribution in [0.5, 0.6) is 0 Å². The first-order valence-corrected chi connectivity index (χ1v) is 5.33. The lowest BCUT2D eigenvalue weighted by molar-refractivity contribution is -0.141. The highest BCUT2D eigenvalue weighted by Gasteiger charge is 2.20. The van der Waals surface area contributed by atoms with E-state index in [1.54, 1.807) is 6.92 Å². The molecule has 0 radical (unpaired) electrons. The van der Waals surface area contributed by atoms with Gasteiger partial charge in [-0.15, -0.1) is 0 Å². The van der Waals surface area contributed by atoms with Gasteiger partial charge in [0.15, 0.2) is 0 Å². The van der Waals surface area contributed by atoms with Gasteiger partial charge < -0.3 is 10.0 Å². The average Bonchev–Trinajstić information content (AvgIpc) is 2.14. The molecule has 0 saturated carbocycles. The van der Waals surface area contributed by atoms with Crippen molar-refractivity contribution >= 4 is 5.97 Å². The van der Waals surface area contributed by atoms with E-state index in [-0.39, 0.29) is 5.92 Å². The quantitative estimate of drug-likeness (QED) is 0.715. The summed E-state index contributed by atoms with van der Waals surface area (Å²) in [6.45, 7) is 8.90. The van der Waals surface area contributed by atoms with Gasteiger partial charge in [-0.25, -0.2) is 0 Å². The lowest BCUT2D eigenvalue weighted by Gasteiger charge is -2.30. The van der Waals surface area contributed by atoms with Crippen LogP contribution in [-0.2, 0) is 4.79 Å². The van der Waals surface area contributed by atoms with E-state index >= 15 is 0 Å². The SMILES string of the molecule is CCC(C)C(C)N(C)CC(C)C(=O)O. The normalized spacial score (nSPS) is 17.9. The second kappa shape index (κ2) is 6.02. The molecule has 0 aromatic rings. The maximum absolute atomic E-state index is 10.7. The van der Waals surface area contributed by atoms with Crippen molar-refractivity contribution in [1.29, 1.82) is 0 Å². The van der Waals surface area contributed by atoms with Gasteiger partial charge >= 0.3 is 5.97 Å². The minimum Gasteiger partial charge on any atom is -0.481 e. The first kappa shape index (κ1) is 13.4. The van der Waals surface area contributed by atoms with E-state index in [1.807, 2.05) is 7.05 Å². The van der Waals surface area contributed by atoms with Crippen molar-refractivity contribution in [2.75, 3.05) is 13.6 Å². The number of carboxylic acids is 1. The fraction of sp³-hybridized carbons (Fsp3) is 0.909. The largest absolute Gasteiger partial charge is 0.481 e. The number of carbonyl (C=O) groups is 1. The van der Waals surface area contributed by atoms with E-state index < -0.39 is 5.97 Å². The predicted molar refractivity (Wildman–Crippen MR) is 58.3 cm³/mol. The summed E-state index contributed by atoms with van der Waals surface area (Å²) in [6.07, 6.45) is 1.13. The van der Waals surface area contributed by atoms with E-state index in [0.717, 1.165) is 6.42 Å². The molecule has 1 N–H and O–H groups in total. The predicted octanol–water partition coefficient (Wildman–Crippen LogP) is 2.07. The zero-order valence-electron chi connectivity index (χ0n) is 9.95. The van der Waals surface area contributed by atoms with Gasteiger partial charge in [0, 0.05) is 12.6 Å². The number of hydrogen-bond donors (Lipinski definition) is 1. The monoisotopic (exact) mass is 201 g/mol. The van der Waals surface area contributed by atoms with Gasteiger partial charge in [0.1, 0.15) is 0 Å². The number of hydrogen-bond acceptors (Lipinski definition) is 2. The van der Waals surface area contributed by atoms with E-state index in [0.29, 0.717) is 18.5 Å². The first-order chi connectivity index (χ1) is 6.40. The van der Waals surface area contributed by atoms with Crippen LogP contribution < -0.4 is 0 Å². The van der Waals surface area contributed by atoms with Crippen LogP contribution in [0.15, 0.2) is 0 Å². The summed E-state index contributed by atoms with van der Waals surface area (Å²) in [4.78, 5) is 12.8. The molecule has 0 amide bonds. The Hall–Kier alpha value is -0.570. The Morgan fingerprint density at radius 1 is 1.36 bits per heavy atom. The first-order valence-electron chi connectivity index (χ1n) is 5.33. The lowest BCUT2D eigenvalue weighted by Crippen LogP contribution is -2.38. The molecule has 0 fully saturated rings. The fourth-order valence-corrected chi connectivity index (χ4v) is 1.45. The highest BCUT2D eigenvalue weighted by Crippen LogP contribution is 2.13. The van der Waals surface area contributed by atoms with Crippen LogP contribution in [0.2, 0.25) is 0 Å². The van der Waals surface area contributed by atoms with Crippen LogP contribution in [0, 0.1) is 11.8 Å². The van der Waals surface area contributed by atoms with Gasteiger partial charge in [-0.2, -0.15) is 0 Å². The second-order valence-electron chi connectivity index (χ2n) is 4.30. The van der Waals surface area contributed by atoms with Crippen LogP contribution in [0.1, 0.15) is 34.1 Å². The second-order valence-corrected chi connectivity index (χ2v) is 4.30. The highest BCUT2D eigenvalue weighted by molar-refractivity contribution is 5.69. The molecule has 0 spiro atoms. The van der Waals surface area contributed by atoms with Crippen LogP contribution in [0.25, 0.3) is 0 Å². The Balaban J connectivity index is 4.06. The zero-order chi connectivity index (χ0) is 11.3.